The summed E-state index contributed by atoms with van der Waals surface area (Å²) >= 11 is 0. The highest BCUT2D eigenvalue weighted by Crippen LogP contribution is 2.23. The third-order valence-corrected chi connectivity index (χ3v) is 4.74. The van der Waals surface area contributed by atoms with Crippen molar-refractivity contribution in [2.45, 2.75) is 27.2 Å². The molecule has 25 heavy (non-hydrogen) atoms. The van der Waals surface area contributed by atoms with E-state index in [1.807, 2.05) is 17.8 Å². The number of amides is 1. The molecule has 0 aliphatic carbocycles. The molecule has 1 N–H and O–H groups in total. The van der Waals surface area contributed by atoms with E-state index >= 15 is 0 Å². The van der Waals surface area contributed by atoms with Gasteiger partial charge in [0.1, 0.15) is 0 Å². The molecule has 1 aliphatic rings. The van der Waals surface area contributed by atoms with E-state index < -0.39 is 0 Å². The molecule has 1 aliphatic heterocycles. The van der Waals surface area contributed by atoms with Gasteiger partial charge in [0.25, 0.3) is 0 Å². The molecule has 5 nitrogen and oxygen atoms in total. The predicted octanol–water partition coefficient (Wildman–Crippen LogP) is 2.71. The van der Waals surface area contributed by atoms with Crippen molar-refractivity contribution in [3.63, 3.8) is 0 Å². The normalized spacial score (nSPS) is 15.1. The minimum atomic E-state index is 0.0990. The van der Waals surface area contributed by atoms with Crippen LogP contribution in [0.5, 0.6) is 0 Å². The minimum absolute atomic E-state index is 0.0990. The maximum absolute atomic E-state index is 11.7. The molecule has 0 atom stereocenters. The van der Waals surface area contributed by atoms with Gasteiger partial charge in [0.15, 0.2) is 0 Å². The first-order valence-corrected chi connectivity index (χ1v) is 8.87. The van der Waals surface area contributed by atoms with Gasteiger partial charge in [-0.3, -0.25) is 9.69 Å². The van der Waals surface area contributed by atoms with Gasteiger partial charge < -0.3 is 5.32 Å². The summed E-state index contributed by atoms with van der Waals surface area (Å²) in [6, 6.07) is 6.39. The third kappa shape index (κ3) is 4.17. The lowest BCUT2D eigenvalue weighted by Crippen LogP contribution is -2.39. The predicted molar refractivity (Wildman–Crippen MR) is 101 cm³/mol. The number of hydrogen-bond acceptors (Lipinski definition) is 3. The Morgan fingerprint density at radius 3 is 2.80 bits per heavy atom. The maximum atomic E-state index is 11.7. The summed E-state index contributed by atoms with van der Waals surface area (Å²) in [6.07, 6.45) is 7.18. The lowest BCUT2D eigenvalue weighted by atomic mass is 10.0. The molecule has 0 bridgehead atoms. The third-order valence-electron chi connectivity index (χ3n) is 4.74. The molecule has 132 valence electrons. The van der Waals surface area contributed by atoms with Gasteiger partial charge in [-0.2, -0.15) is 5.10 Å². The topological polar surface area (TPSA) is 50.2 Å². The van der Waals surface area contributed by atoms with Crippen LogP contribution in [0, 0.1) is 13.8 Å². The summed E-state index contributed by atoms with van der Waals surface area (Å²) in [6.45, 7) is 9.05. The minimum Gasteiger partial charge on any atom is -0.355 e. The first-order valence-electron chi connectivity index (χ1n) is 8.87. The zero-order valence-electron chi connectivity index (χ0n) is 15.2. The van der Waals surface area contributed by atoms with Crippen LogP contribution in [0.3, 0.4) is 0 Å². The highest BCUT2D eigenvalue weighted by Gasteiger charge is 2.16. The smallest absolute Gasteiger partial charge is 0.234 e. The summed E-state index contributed by atoms with van der Waals surface area (Å²) in [5, 5.41) is 7.37. The van der Waals surface area contributed by atoms with Crippen molar-refractivity contribution in [3.8, 4) is 5.69 Å². The summed E-state index contributed by atoms with van der Waals surface area (Å²) in [5.74, 6) is 0.0990. The van der Waals surface area contributed by atoms with E-state index in [-0.39, 0.29) is 5.91 Å². The Hall–Kier alpha value is -2.40. The molecule has 0 unspecified atom stereocenters. The molecule has 0 spiro atoms. The molecular weight excluding hydrogens is 312 g/mol. The monoisotopic (exact) mass is 338 g/mol. The second-order valence-corrected chi connectivity index (χ2v) is 6.61. The second-order valence-electron chi connectivity index (χ2n) is 6.61. The number of benzene rings is 1. The first-order chi connectivity index (χ1) is 12.1. The largest absolute Gasteiger partial charge is 0.355 e. The molecule has 0 radical (unpaired) electrons. The van der Waals surface area contributed by atoms with E-state index in [4.69, 9.17) is 0 Å². The van der Waals surface area contributed by atoms with Crippen LogP contribution in [0.4, 0.5) is 0 Å². The molecule has 0 fully saturated rings. The fourth-order valence-electron chi connectivity index (χ4n) is 3.07. The summed E-state index contributed by atoms with van der Waals surface area (Å²) in [5.41, 5.74) is 6.12. The molecule has 1 aromatic heterocycles. The number of likely N-dealkylation sites (N-methyl/N-ethyl adjacent to an activating group) is 1. The first kappa shape index (κ1) is 17.4. The van der Waals surface area contributed by atoms with Crippen LogP contribution in [0.2, 0.25) is 0 Å². The van der Waals surface area contributed by atoms with Gasteiger partial charge in [0.05, 0.1) is 18.4 Å². The molecule has 2 aromatic rings. The molecule has 2 heterocycles. The van der Waals surface area contributed by atoms with Crippen molar-refractivity contribution < 1.29 is 4.79 Å². The Balaban J connectivity index is 1.67. The van der Waals surface area contributed by atoms with Crippen molar-refractivity contribution in [1.29, 1.82) is 0 Å². The molecule has 1 amide bonds. The summed E-state index contributed by atoms with van der Waals surface area (Å²) in [4.78, 5) is 13.9. The standard InChI is InChI=1S/C20H26N4O/c1-4-21-20(25)14-23-9-7-17(8-10-23)18-12-22-24(13-18)19-6-5-15(2)16(3)11-19/h5-7,11-13H,4,8-10,14H2,1-3H3,(H,21,25). The Morgan fingerprint density at radius 1 is 1.28 bits per heavy atom. The highest BCUT2D eigenvalue weighted by molar-refractivity contribution is 5.78. The average molecular weight is 338 g/mol. The van der Waals surface area contributed by atoms with Gasteiger partial charge in [-0.25, -0.2) is 4.68 Å². The van der Waals surface area contributed by atoms with E-state index in [1.165, 1.54) is 16.7 Å². The average Bonchev–Trinajstić information content (AvgIpc) is 3.08. The zero-order chi connectivity index (χ0) is 17.8. The van der Waals surface area contributed by atoms with Gasteiger partial charge in [-0.15, -0.1) is 0 Å². The molecular formula is C20H26N4O. The van der Waals surface area contributed by atoms with E-state index in [0.29, 0.717) is 13.1 Å². The number of carbonyl (C=O) groups is 1. The van der Waals surface area contributed by atoms with Crippen LogP contribution < -0.4 is 5.32 Å². The number of nitrogens with one attached hydrogen (secondary N) is 1. The van der Waals surface area contributed by atoms with Gasteiger partial charge in [0.2, 0.25) is 5.91 Å². The molecule has 1 aromatic carbocycles. The molecule has 3 rings (SSSR count). The van der Waals surface area contributed by atoms with Crippen molar-refractivity contribution in [2.24, 2.45) is 0 Å². The Kier molecular flexibility index (Phi) is 5.34. The quantitative estimate of drug-likeness (QED) is 0.912. The SMILES string of the molecule is CCNC(=O)CN1CC=C(c2cnn(-c3ccc(C)c(C)c3)c2)CC1. The van der Waals surface area contributed by atoms with E-state index in [2.05, 4.69) is 59.6 Å². The number of hydrogen-bond donors (Lipinski definition) is 1. The Morgan fingerprint density at radius 2 is 2.12 bits per heavy atom. The molecule has 0 saturated heterocycles. The second kappa shape index (κ2) is 7.66. The van der Waals surface area contributed by atoms with Crippen LogP contribution in [-0.2, 0) is 4.79 Å². The Bertz CT molecular complexity index is 791. The van der Waals surface area contributed by atoms with Crippen LogP contribution in [0.1, 0.15) is 30.0 Å². The fourth-order valence-corrected chi connectivity index (χ4v) is 3.07. The molecule has 0 saturated carbocycles. The summed E-state index contributed by atoms with van der Waals surface area (Å²) in [7, 11) is 0. The van der Waals surface area contributed by atoms with E-state index in [9.17, 15) is 4.79 Å². The summed E-state index contributed by atoms with van der Waals surface area (Å²) < 4.78 is 1.93. The van der Waals surface area contributed by atoms with Crippen molar-refractivity contribution in [2.75, 3.05) is 26.2 Å². The van der Waals surface area contributed by atoms with Crippen molar-refractivity contribution in [3.05, 3.63) is 53.4 Å². The highest BCUT2D eigenvalue weighted by atomic mass is 16.2. The van der Waals surface area contributed by atoms with Crippen LogP contribution in [0.25, 0.3) is 11.3 Å². The number of nitrogens with zero attached hydrogens (tertiary/aromatic N) is 3. The van der Waals surface area contributed by atoms with Gasteiger partial charge in [-0.1, -0.05) is 12.1 Å². The fraction of sp³-hybridized carbons (Fsp3) is 0.400. The molecule has 5 heteroatoms. The number of carbonyl (C=O) groups excluding carboxylic acids is 1. The van der Waals surface area contributed by atoms with Crippen LogP contribution in [0.15, 0.2) is 36.7 Å². The van der Waals surface area contributed by atoms with Crippen molar-refractivity contribution >= 4 is 11.5 Å². The van der Waals surface area contributed by atoms with Crippen molar-refractivity contribution in [1.82, 2.24) is 20.0 Å². The van der Waals surface area contributed by atoms with E-state index in [1.54, 1.807) is 0 Å². The number of aryl methyl sites for hydroxylation is 2. The Labute approximate surface area is 149 Å². The van der Waals surface area contributed by atoms with Gasteiger partial charge >= 0.3 is 0 Å². The van der Waals surface area contributed by atoms with E-state index in [0.717, 1.165) is 30.8 Å². The maximum Gasteiger partial charge on any atom is 0.234 e. The van der Waals surface area contributed by atoms with Gasteiger partial charge in [-0.05, 0) is 56.0 Å². The van der Waals surface area contributed by atoms with Crippen LogP contribution >= 0.6 is 0 Å². The number of aromatic nitrogens is 2. The lowest BCUT2D eigenvalue weighted by molar-refractivity contribution is -0.122. The van der Waals surface area contributed by atoms with Crippen LogP contribution in [-0.4, -0.2) is 46.8 Å². The van der Waals surface area contributed by atoms with Gasteiger partial charge in [0, 0.05) is 31.4 Å². The lowest BCUT2D eigenvalue weighted by Gasteiger charge is -2.25. The zero-order valence-corrected chi connectivity index (χ0v) is 15.2. The number of rotatable bonds is 5.